The van der Waals surface area contributed by atoms with Crippen LogP contribution in [0, 0.1) is 50.2 Å². The van der Waals surface area contributed by atoms with Crippen molar-refractivity contribution in [2.75, 3.05) is 39.6 Å². The van der Waals surface area contributed by atoms with Gasteiger partial charge in [-0.25, -0.2) is 0 Å². The van der Waals surface area contributed by atoms with Gasteiger partial charge in [0.25, 0.3) is 0 Å². The molecule has 5 heterocycles. The Kier molecular flexibility index (Phi) is 20.7. The van der Waals surface area contributed by atoms with Crippen LogP contribution in [-0.2, 0) is 47.4 Å². The number of ether oxygens (including phenoxy) is 10. The topological polar surface area (TPSA) is 477 Å². The molecule has 19 N–H and O–H groups in total. The molecule has 0 spiro atoms. The second kappa shape index (κ2) is 26.2. The smallest absolute Gasteiger partial charge is 0.187 e. The van der Waals surface area contributed by atoms with Crippen LogP contribution in [0.4, 0.5) is 0 Å². The predicted molar refractivity (Wildman–Crippen MR) is 298 cm³/mol. The quantitative estimate of drug-likeness (QED) is 0.0506. The summed E-state index contributed by atoms with van der Waals surface area (Å²) in [4.78, 5) is 0. The third-order valence-electron chi connectivity index (χ3n) is 23.9. The maximum Gasteiger partial charge on any atom is 0.187 e. The number of aliphatic hydroxyl groups is 19. The van der Waals surface area contributed by atoms with Gasteiger partial charge in [0, 0.05) is 5.41 Å². The lowest BCUT2D eigenvalue weighted by Gasteiger charge is -2.72. The highest BCUT2D eigenvalue weighted by molar-refractivity contribution is 5.35. The van der Waals surface area contributed by atoms with Crippen molar-refractivity contribution < 1.29 is 144 Å². The first kappa shape index (κ1) is 70.4. The lowest BCUT2D eigenvalue weighted by Crippen LogP contribution is -2.69. The van der Waals surface area contributed by atoms with Crippen molar-refractivity contribution in [2.45, 2.75) is 272 Å². The largest absolute Gasteiger partial charge is 0.394 e. The molecule has 9 fully saturated rings. The maximum absolute atomic E-state index is 12.7. The maximum atomic E-state index is 12.7. The second-order valence-corrected chi connectivity index (χ2v) is 29.4. The van der Waals surface area contributed by atoms with E-state index in [2.05, 4.69) is 40.7 Å². The average Bonchev–Trinajstić information content (AvgIpc) is 0.723. The van der Waals surface area contributed by atoms with Gasteiger partial charge in [0.15, 0.2) is 31.5 Å². The zero-order valence-electron chi connectivity index (χ0n) is 51.5. The molecule has 5 aliphatic heterocycles. The van der Waals surface area contributed by atoms with Crippen LogP contribution >= 0.6 is 0 Å². The summed E-state index contributed by atoms with van der Waals surface area (Å²) in [6.07, 6.45) is -38.2. The fourth-order valence-corrected chi connectivity index (χ4v) is 18.0. The van der Waals surface area contributed by atoms with Gasteiger partial charge in [-0.15, -0.1) is 0 Å². The number of hydrogen-bond donors (Lipinski definition) is 19. The number of allylic oxidation sites excluding steroid dienone is 2. The molecule has 35 atom stereocenters. The fourth-order valence-electron chi connectivity index (χ4n) is 18.0. The van der Waals surface area contributed by atoms with Gasteiger partial charge in [-0.1, -0.05) is 60.1 Å². The van der Waals surface area contributed by atoms with E-state index in [0.29, 0.717) is 38.5 Å². The zero-order valence-corrected chi connectivity index (χ0v) is 51.5. The van der Waals surface area contributed by atoms with Crippen LogP contribution in [-0.4, -0.2) is 309 Å². The summed E-state index contributed by atoms with van der Waals surface area (Å²) in [5.41, 5.74) is -2.65. The predicted octanol–water partition coefficient (Wildman–Crippen LogP) is -5.80. The number of rotatable bonds is 16. The van der Waals surface area contributed by atoms with E-state index in [1.165, 1.54) is 0 Å². The molecule has 5 aliphatic carbocycles. The van der Waals surface area contributed by atoms with Crippen LogP contribution in [0.15, 0.2) is 11.6 Å². The Labute approximate surface area is 516 Å². The van der Waals surface area contributed by atoms with Gasteiger partial charge in [-0.3, -0.25) is 0 Å². The highest BCUT2D eigenvalue weighted by Gasteiger charge is 2.71. The Balaban J connectivity index is 0.888. The second-order valence-electron chi connectivity index (χ2n) is 29.4. The molecule has 0 aromatic carbocycles. The minimum absolute atomic E-state index is 0.0579. The monoisotopic (exact) mass is 1280 g/mol. The normalized spacial score (nSPS) is 54.9. The van der Waals surface area contributed by atoms with Gasteiger partial charge in [-0.05, 0) is 96.2 Å². The molecule has 0 unspecified atom stereocenters. The molecule has 0 radical (unpaired) electrons. The van der Waals surface area contributed by atoms with E-state index in [0.717, 1.165) is 18.4 Å². The average molecular weight is 1290 g/mol. The van der Waals surface area contributed by atoms with Crippen molar-refractivity contribution in [3.05, 3.63) is 11.6 Å². The van der Waals surface area contributed by atoms with E-state index in [1.807, 2.05) is 13.8 Å². The summed E-state index contributed by atoms with van der Waals surface area (Å²) in [7, 11) is 0. The molecule has 0 aromatic rings. The third kappa shape index (κ3) is 11.9. The van der Waals surface area contributed by atoms with Gasteiger partial charge >= 0.3 is 0 Å². The van der Waals surface area contributed by atoms with Crippen molar-refractivity contribution in [2.24, 2.45) is 50.2 Å². The van der Waals surface area contributed by atoms with E-state index in [1.54, 1.807) is 0 Å². The van der Waals surface area contributed by atoms with Crippen molar-refractivity contribution in [3.63, 3.8) is 0 Å². The molecule has 89 heavy (non-hydrogen) atoms. The Bertz CT molecular complexity index is 2420. The first-order valence-electron chi connectivity index (χ1n) is 31.5. The summed E-state index contributed by atoms with van der Waals surface area (Å²) in [6.45, 7) is 11.2. The zero-order chi connectivity index (χ0) is 65.2. The Hall–Kier alpha value is -1.42. The number of aliphatic hydroxyl groups excluding tert-OH is 19. The van der Waals surface area contributed by atoms with Crippen LogP contribution in [0.1, 0.15) is 99.8 Å². The number of fused-ring (bicyclic) bond motifs is 7. The standard InChI is InChI=1S/C60H100O29/c1-55(2)16-24-23-8-9-31-57(5)12-11-32(88-52-45(76)41(72)36(67)28(86-52)20-80-50-43(74)38(69)33(64)25(17-61)83-50)56(3,4)30(57)10-13-59(31,7)58(23,6)14-15-60(24,49(79)48(55)78)22-82-54-47(89-53-46(77)40(71)35(66)27(19-63)85-53)42(73)37(68)29(87-54)21-81-51-44(75)39(70)34(65)26(18-62)84-51/h8,24-54,61-79H,9-22H2,1-7H3/t24-,25+,26+,27+,28+,29+,30-,31+,32-,33+,34+,35+,36+,37+,38-,39-,40-,41-,42-,43+,44+,45+,46+,47+,48-,49-,50+,51+,52-,53-,54+,57-,58+,59+,60-/m0/s1. The van der Waals surface area contributed by atoms with Crippen molar-refractivity contribution in [1.82, 2.24) is 0 Å². The Morgan fingerprint density at radius 3 is 1.40 bits per heavy atom. The Morgan fingerprint density at radius 1 is 0.438 bits per heavy atom. The minimum Gasteiger partial charge on any atom is -0.394 e. The highest BCUT2D eigenvalue weighted by atomic mass is 16.8. The lowest BCUT2D eigenvalue weighted by atomic mass is 9.33. The Morgan fingerprint density at radius 2 is 0.888 bits per heavy atom. The van der Waals surface area contributed by atoms with E-state index >= 15 is 0 Å². The van der Waals surface area contributed by atoms with Crippen LogP contribution in [0.25, 0.3) is 0 Å². The molecule has 10 aliphatic rings. The molecule has 29 nitrogen and oxygen atoms in total. The SMILES string of the molecule is CC1(C)C[C@H]2C3=CC[C@@H]4[C@@]5(C)CC[C@H](O[C@@H]6O[C@H](CO[C@@H]7O[C@H](CO)[C@@H](O)[C@H](O)[C@H]7O)[C@@H](O)[C@H](O)[C@H]6O)C(C)(C)[C@@H]5CC[C@@]4(C)[C@]3(C)CC[C@@]2(CO[C@@H]2O[C@H](CO[C@@H]3O[C@H](CO)[C@@H](O)[C@H](O)[C@H]3O)[C@@H](O)[C@H](O)[C@H]2O[C@@H]2O[C@H](CO)[C@@H](O)[C@H](O)[C@H]2O)[C@@H](O)[C@@H]1O. The van der Waals surface area contributed by atoms with Crippen LogP contribution in [0.2, 0.25) is 0 Å². The molecular weight excluding hydrogens is 1180 g/mol. The summed E-state index contributed by atoms with van der Waals surface area (Å²) >= 11 is 0. The van der Waals surface area contributed by atoms with Crippen LogP contribution < -0.4 is 0 Å². The summed E-state index contributed by atoms with van der Waals surface area (Å²) in [5, 5.41) is 206. The van der Waals surface area contributed by atoms with Gasteiger partial charge in [0.2, 0.25) is 0 Å². The van der Waals surface area contributed by atoms with Crippen LogP contribution in [0.5, 0.6) is 0 Å². The summed E-state index contributed by atoms with van der Waals surface area (Å²) in [5.74, 6) is -0.264. The first-order chi connectivity index (χ1) is 41.7. The molecule has 0 amide bonds. The van der Waals surface area contributed by atoms with Crippen LogP contribution in [0.3, 0.4) is 0 Å². The first-order valence-corrected chi connectivity index (χ1v) is 31.5. The molecular formula is C60H100O29. The fraction of sp³-hybridized carbons (Fsp3) is 0.967. The molecule has 514 valence electrons. The lowest BCUT2D eigenvalue weighted by molar-refractivity contribution is -0.376. The molecule has 10 rings (SSSR count). The third-order valence-corrected chi connectivity index (χ3v) is 23.9. The van der Waals surface area contributed by atoms with Crippen molar-refractivity contribution >= 4 is 0 Å². The van der Waals surface area contributed by atoms with Gasteiger partial charge < -0.3 is 144 Å². The van der Waals surface area contributed by atoms with E-state index in [4.69, 9.17) is 47.4 Å². The van der Waals surface area contributed by atoms with E-state index in [-0.39, 0.29) is 29.3 Å². The van der Waals surface area contributed by atoms with Gasteiger partial charge in [-0.2, -0.15) is 0 Å². The summed E-state index contributed by atoms with van der Waals surface area (Å²) < 4.78 is 60.0. The molecule has 29 heteroatoms. The van der Waals surface area contributed by atoms with E-state index in [9.17, 15) is 97.0 Å². The van der Waals surface area contributed by atoms with Gasteiger partial charge in [0.05, 0.1) is 58.0 Å². The summed E-state index contributed by atoms with van der Waals surface area (Å²) in [6, 6.07) is 0. The van der Waals surface area contributed by atoms with E-state index < -0.39 is 232 Å². The molecule has 4 saturated carbocycles. The molecule has 5 saturated heterocycles. The highest BCUT2D eigenvalue weighted by Crippen LogP contribution is 2.76. The minimum atomic E-state index is -1.98. The van der Waals surface area contributed by atoms with Crippen molar-refractivity contribution in [1.29, 1.82) is 0 Å². The number of hydrogen-bond acceptors (Lipinski definition) is 29. The van der Waals surface area contributed by atoms with Gasteiger partial charge in [0.1, 0.15) is 122 Å². The molecule has 0 bridgehead atoms. The van der Waals surface area contributed by atoms with Crippen molar-refractivity contribution in [3.8, 4) is 0 Å². The molecule has 0 aromatic heterocycles.